The molecule has 194 valence electrons. The Morgan fingerprint density at radius 3 is 1.84 bits per heavy atom. The molecule has 3 aromatic rings. The highest BCUT2D eigenvalue weighted by Crippen LogP contribution is 2.36. The van der Waals surface area contributed by atoms with Crippen LogP contribution < -0.4 is 5.32 Å². The highest BCUT2D eigenvalue weighted by Gasteiger charge is 2.34. The molecule has 0 spiro atoms. The van der Waals surface area contributed by atoms with Crippen LogP contribution in [0.2, 0.25) is 0 Å². The summed E-state index contributed by atoms with van der Waals surface area (Å²) < 4.78 is 13.7. The van der Waals surface area contributed by atoms with Gasteiger partial charge in [0.25, 0.3) is 0 Å². The molecule has 6 heteroatoms. The lowest BCUT2D eigenvalue weighted by molar-refractivity contribution is 0.0575. The van der Waals surface area contributed by atoms with Gasteiger partial charge in [-0.3, -0.25) is 4.90 Å². The standard InChI is InChI=1S/C31H37FN4O/c1-34-18-16-27(17-19-34)30(26-12-14-28(32)15-13-26)35-20-22-36(23-21-35)31(37)33-29(24-8-4-2-5-9-24)25-10-6-3-7-11-25/h2-15,27,29-30H,16-23H2,1H3,(H,33,37). The van der Waals surface area contributed by atoms with Crippen molar-refractivity contribution in [1.82, 2.24) is 20.0 Å². The van der Waals surface area contributed by atoms with Gasteiger partial charge in [-0.1, -0.05) is 72.8 Å². The Morgan fingerprint density at radius 1 is 0.757 bits per heavy atom. The van der Waals surface area contributed by atoms with Gasteiger partial charge >= 0.3 is 6.03 Å². The van der Waals surface area contributed by atoms with Crippen molar-refractivity contribution in [1.29, 1.82) is 0 Å². The fourth-order valence-corrected chi connectivity index (χ4v) is 5.85. The van der Waals surface area contributed by atoms with Gasteiger partial charge in [-0.2, -0.15) is 0 Å². The van der Waals surface area contributed by atoms with Crippen molar-refractivity contribution in [2.45, 2.75) is 24.9 Å². The lowest BCUT2D eigenvalue weighted by Gasteiger charge is -2.44. The van der Waals surface area contributed by atoms with Crippen molar-refractivity contribution in [3.8, 4) is 0 Å². The Labute approximate surface area is 219 Å². The van der Waals surface area contributed by atoms with E-state index in [9.17, 15) is 9.18 Å². The van der Waals surface area contributed by atoms with E-state index >= 15 is 0 Å². The Balaban J connectivity index is 1.27. The van der Waals surface area contributed by atoms with Crippen LogP contribution in [0.4, 0.5) is 9.18 Å². The Morgan fingerprint density at radius 2 is 1.30 bits per heavy atom. The Hall–Kier alpha value is -3.22. The molecule has 0 radical (unpaired) electrons. The van der Waals surface area contributed by atoms with E-state index in [4.69, 9.17) is 0 Å². The topological polar surface area (TPSA) is 38.8 Å². The molecule has 37 heavy (non-hydrogen) atoms. The SMILES string of the molecule is CN1CCC(C(c2ccc(F)cc2)N2CCN(C(=O)NC(c3ccccc3)c3ccccc3)CC2)CC1. The molecule has 0 bridgehead atoms. The molecule has 5 nitrogen and oxygen atoms in total. The second kappa shape index (κ2) is 11.9. The third kappa shape index (κ3) is 6.20. The molecule has 1 unspecified atom stereocenters. The number of amides is 2. The first-order valence-electron chi connectivity index (χ1n) is 13.4. The van der Waals surface area contributed by atoms with Crippen LogP contribution in [-0.4, -0.2) is 67.0 Å². The zero-order valence-corrected chi connectivity index (χ0v) is 21.6. The third-order valence-electron chi connectivity index (χ3n) is 7.95. The summed E-state index contributed by atoms with van der Waals surface area (Å²) in [5, 5.41) is 3.29. The summed E-state index contributed by atoms with van der Waals surface area (Å²) in [6.07, 6.45) is 2.27. The summed E-state index contributed by atoms with van der Waals surface area (Å²) in [4.78, 5) is 20.3. The molecule has 0 saturated carbocycles. The number of piperazine rings is 1. The van der Waals surface area contributed by atoms with Crippen LogP contribution in [0.3, 0.4) is 0 Å². The van der Waals surface area contributed by atoms with Crippen molar-refractivity contribution in [3.63, 3.8) is 0 Å². The van der Waals surface area contributed by atoms with Crippen molar-refractivity contribution in [2.75, 3.05) is 46.3 Å². The first kappa shape index (κ1) is 25.4. The van der Waals surface area contributed by atoms with Crippen LogP contribution in [0, 0.1) is 11.7 Å². The van der Waals surface area contributed by atoms with Gasteiger partial charge in [-0.05, 0) is 67.7 Å². The second-order valence-electron chi connectivity index (χ2n) is 10.4. The monoisotopic (exact) mass is 500 g/mol. The third-order valence-corrected chi connectivity index (χ3v) is 7.95. The van der Waals surface area contributed by atoms with E-state index in [-0.39, 0.29) is 23.9 Å². The fraction of sp³-hybridized carbons (Fsp3) is 0.387. The van der Waals surface area contributed by atoms with Gasteiger partial charge in [0.05, 0.1) is 6.04 Å². The minimum absolute atomic E-state index is 0.0324. The number of hydrogen-bond donors (Lipinski definition) is 1. The number of carbonyl (C=O) groups excluding carboxylic acids is 1. The van der Waals surface area contributed by atoms with E-state index in [2.05, 4.69) is 46.4 Å². The van der Waals surface area contributed by atoms with Crippen LogP contribution in [0.5, 0.6) is 0 Å². The van der Waals surface area contributed by atoms with Gasteiger partial charge in [-0.15, -0.1) is 0 Å². The molecular weight excluding hydrogens is 463 g/mol. The fourth-order valence-electron chi connectivity index (χ4n) is 5.85. The minimum Gasteiger partial charge on any atom is -0.327 e. The largest absolute Gasteiger partial charge is 0.327 e. The molecule has 1 N–H and O–H groups in total. The highest BCUT2D eigenvalue weighted by atomic mass is 19.1. The first-order valence-corrected chi connectivity index (χ1v) is 13.4. The molecule has 2 aliphatic rings. The van der Waals surface area contributed by atoms with Gasteiger partial charge in [0, 0.05) is 32.2 Å². The molecule has 0 aliphatic carbocycles. The summed E-state index contributed by atoms with van der Waals surface area (Å²) >= 11 is 0. The molecule has 2 heterocycles. The summed E-state index contributed by atoms with van der Waals surface area (Å²) in [5.74, 6) is 0.335. The number of halogens is 1. The van der Waals surface area contributed by atoms with Gasteiger partial charge in [0.2, 0.25) is 0 Å². The van der Waals surface area contributed by atoms with Crippen LogP contribution in [-0.2, 0) is 0 Å². The lowest BCUT2D eigenvalue weighted by Crippen LogP contribution is -2.54. The van der Waals surface area contributed by atoms with E-state index in [1.54, 1.807) is 12.1 Å². The maximum absolute atomic E-state index is 13.7. The average molecular weight is 501 g/mol. The normalized spacial score (nSPS) is 18.6. The zero-order valence-electron chi connectivity index (χ0n) is 21.6. The van der Waals surface area contributed by atoms with Gasteiger partial charge < -0.3 is 15.1 Å². The second-order valence-corrected chi connectivity index (χ2v) is 10.4. The van der Waals surface area contributed by atoms with Crippen molar-refractivity contribution < 1.29 is 9.18 Å². The number of hydrogen-bond acceptors (Lipinski definition) is 3. The number of urea groups is 1. The highest BCUT2D eigenvalue weighted by molar-refractivity contribution is 5.75. The summed E-state index contributed by atoms with van der Waals surface area (Å²) in [7, 11) is 2.18. The van der Waals surface area contributed by atoms with E-state index in [1.807, 2.05) is 53.4 Å². The molecule has 1 atom stereocenters. The van der Waals surface area contributed by atoms with Crippen molar-refractivity contribution >= 4 is 6.03 Å². The molecule has 2 saturated heterocycles. The van der Waals surface area contributed by atoms with Gasteiger partial charge in [0.15, 0.2) is 0 Å². The molecule has 2 aliphatic heterocycles. The van der Waals surface area contributed by atoms with E-state index < -0.39 is 0 Å². The Kier molecular flexibility index (Phi) is 8.17. The minimum atomic E-state index is -0.196. The number of benzene rings is 3. The maximum atomic E-state index is 13.7. The van der Waals surface area contributed by atoms with E-state index in [0.717, 1.165) is 50.1 Å². The average Bonchev–Trinajstić information content (AvgIpc) is 2.95. The van der Waals surface area contributed by atoms with Crippen molar-refractivity contribution in [2.24, 2.45) is 5.92 Å². The summed E-state index contributed by atoms with van der Waals surface area (Å²) in [5.41, 5.74) is 3.32. The first-order chi connectivity index (χ1) is 18.1. The molecule has 2 fully saturated rings. The van der Waals surface area contributed by atoms with Crippen LogP contribution >= 0.6 is 0 Å². The van der Waals surface area contributed by atoms with Crippen molar-refractivity contribution in [3.05, 3.63) is 107 Å². The molecule has 3 aromatic carbocycles. The predicted octanol–water partition coefficient (Wildman–Crippen LogP) is 5.33. The molecule has 2 amide bonds. The van der Waals surface area contributed by atoms with Crippen LogP contribution in [0.25, 0.3) is 0 Å². The molecule has 5 rings (SSSR count). The van der Waals surface area contributed by atoms with Crippen LogP contribution in [0.1, 0.15) is 41.6 Å². The van der Waals surface area contributed by atoms with Crippen LogP contribution in [0.15, 0.2) is 84.9 Å². The maximum Gasteiger partial charge on any atom is 0.318 e. The molecule has 0 aromatic heterocycles. The number of rotatable bonds is 6. The smallest absolute Gasteiger partial charge is 0.318 e. The predicted molar refractivity (Wildman–Crippen MR) is 146 cm³/mol. The zero-order chi connectivity index (χ0) is 25.6. The number of nitrogens with one attached hydrogen (secondary N) is 1. The number of nitrogens with zero attached hydrogens (tertiary/aromatic N) is 3. The number of carbonyl (C=O) groups is 1. The van der Waals surface area contributed by atoms with Gasteiger partial charge in [0.1, 0.15) is 5.82 Å². The summed E-state index contributed by atoms with van der Waals surface area (Å²) in [6, 6.07) is 27.3. The van der Waals surface area contributed by atoms with Gasteiger partial charge in [-0.25, -0.2) is 9.18 Å². The quantitative estimate of drug-likeness (QED) is 0.498. The number of piperidine rings is 1. The number of likely N-dealkylation sites (tertiary alicyclic amines) is 1. The van der Waals surface area contributed by atoms with E-state index in [1.165, 1.54) is 5.56 Å². The Bertz CT molecular complexity index is 1090. The summed E-state index contributed by atoms with van der Waals surface area (Å²) in [6.45, 7) is 5.14. The molecular formula is C31H37FN4O. The van der Waals surface area contributed by atoms with E-state index in [0.29, 0.717) is 19.0 Å². The lowest BCUT2D eigenvalue weighted by atomic mass is 9.84.